The van der Waals surface area contributed by atoms with Gasteiger partial charge in [-0.1, -0.05) is 54.6 Å². The Hall–Kier alpha value is -5.69. The zero-order valence-corrected chi connectivity index (χ0v) is 22.9. The van der Waals surface area contributed by atoms with Gasteiger partial charge in [-0.3, -0.25) is 4.57 Å². The summed E-state index contributed by atoms with van der Waals surface area (Å²) in [5.41, 5.74) is 6.60. The van der Waals surface area contributed by atoms with E-state index in [4.69, 9.17) is 24.7 Å². The van der Waals surface area contributed by atoms with Gasteiger partial charge in [0.15, 0.2) is 35.4 Å². The number of carbonyl (C=O) groups is 3. The van der Waals surface area contributed by atoms with Crippen LogP contribution in [0.25, 0.3) is 11.2 Å². The van der Waals surface area contributed by atoms with Crippen molar-refractivity contribution in [3.8, 4) is 0 Å². The topological polar surface area (TPSA) is 158 Å². The van der Waals surface area contributed by atoms with Crippen LogP contribution in [-0.4, -0.2) is 62.3 Å². The molecule has 0 saturated carbocycles. The lowest BCUT2D eigenvalue weighted by atomic mass is 10.1. The zero-order chi connectivity index (χ0) is 30.6. The SMILES string of the molecule is Nc1nc(F)nc2c1ncn2[C@@H]1O[C@@H](COC(=O)c2ccccc2)[C@@H](OC(=O)c2ccccc2)[C@H]1OC(=O)c1ccccc1. The van der Waals surface area contributed by atoms with Gasteiger partial charge in [0.05, 0.1) is 23.0 Å². The molecule has 0 unspecified atom stereocenters. The van der Waals surface area contributed by atoms with Crippen LogP contribution >= 0.6 is 0 Å². The minimum atomic E-state index is -1.34. The molecule has 0 spiro atoms. The number of nitrogen functional groups attached to an aromatic ring is 1. The summed E-state index contributed by atoms with van der Waals surface area (Å²) < 4.78 is 39.1. The standard InChI is InChI=1S/C31H24FN5O7/c32-31-35-25(33)22-26(36-31)37(17-34-22)27-24(44-30(40)20-14-8-3-9-15-20)23(43-29(39)19-12-6-2-7-13-19)21(42-27)16-41-28(38)18-10-4-1-5-11-18/h1-15,17,21,23-24,27H,16H2,(H2,33,35,36)/t21-,23+,24+,27+/m0/s1. The number of anilines is 1. The van der Waals surface area contributed by atoms with Crippen LogP contribution in [-0.2, 0) is 18.9 Å². The number of halogens is 1. The fourth-order valence-corrected chi connectivity index (χ4v) is 4.78. The molecule has 1 aliphatic heterocycles. The molecule has 222 valence electrons. The predicted molar refractivity (Wildman–Crippen MR) is 152 cm³/mol. The van der Waals surface area contributed by atoms with Gasteiger partial charge in [-0.25, -0.2) is 19.4 Å². The lowest BCUT2D eigenvalue weighted by Crippen LogP contribution is -2.41. The molecule has 4 atom stereocenters. The first-order chi connectivity index (χ1) is 21.4. The molecule has 12 nitrogen and oxygen atoms in total. The third kappa shape index (κ3) is 5.80. The molecule has 0 aliphatic carbocycles. The minimum absolute atomic E-state index is 0.0594. The van der Waals surface area contributed by atoms with E-state index in [1.165, 1.54) is 10.9 Å². The molecule has 0 bridgehead atoms. The number of fused-ring (bicyclic) bond motifs is 1. The third-order valence-electron chi connectivity index (χ3n) is 6.87. The highest BCUT2D eigenvalue weighted by atomic mass is 19.1. The molecule has 3 heterocycles. The Kier molecular flexibility index (Phi) is 7.93. The van der Waals surface area contributed by atoms with Crippen LogP contribution in [0, 0.1) is 6.08 Å². The molecule has 2 N–H and O–H groups in total. The van der Waals surface area contributed by atoms with Crippen molar-refractivity contribution in [1.29, 1.82) is 0 Å². The van der Waals surface area contributed by atoms with Crippen LogP contribution in [0.1, 0.15) is 37.3 Å². The summed E-state index contributed by atoms with van der Waals surface area (Å²) in [6.45, 7) is -0.394. The molecule has 1 saturated heterocycles. The highest BCUT2D eigenvalue weighted by Crippen LogP contribution is 2.37. The normalized spacial score (nSPS) is 19.4. The summed E-state index contributed by atoms with van der Waals surface area (Å²) in [6, 6.07) is 24.6. The Balaban J connectivity index is 1.39. The number of esters is 3. The molecule has 5 aromatic rings. The van der Waals surface area contributed by atoms with Crippen molar-refractivity contribution in [2.75, 3.05) is 12.3 Å². The van der Waals surface area contributed by atoms with Gasteiger partial charge in [0.25, 0.3) is 0 Å². The Morgan fingerprint density at radius 2 is 1.30 bits per heavy atom. The fourth-order valence-electron chi connectivity index (χ4n) is 4.78. The Morgan fingerprint density at radius 3 is 1.86 bits per heavy atom. The van der Waals surface area contributed by atoms with Crippen molar-refractivity contribution in [2.24, 2.45) is 0 Å². The van der Waals surface area contributed by atoms with Crippen molar-refractivity contribution < 1.29 is 37.7 Å². The summed E-state index contributed by atoms with van der Waals surface area (Å²) in [5, 5.41) is 0. The monoisotopic (exact) mass is 597 g/mol. The number of hydrogen-bond acceptors (Lipinski definition) is 11. The first kappa shape index (κ1) is 28.4. The van der Waals surface area contributed by atoms with E-state index in [-0.39, 0.29) is 33.7 Å². The number of carbonyl (C=O) groups excluding carboxylic acids is 3. The number of benzene rings is 3. The van der Waals surface area contributed by atoms with Crippen molar-refractivity contribution >= 4 is 34.9 Å². The van der Waals surface area contributed by atoms with Crippen LogP contribution in [0.3, 0.4) is 0 Å². The Morgan fingerprint density at radius 1 is 0.773 bits per heavy atom. The summed E-state index contributed by atoms with van der Waals surface area (Å²) in [5.74, 6) is -2.37. The molecule has 0 amide bonds. The molecule has 2 aromatic heterocycles. The minimum Gasteiger partial charge on any atom is -0.459 e. The van der Waals surface area contributed by atoms with E-state index in [1.807, 2.05) is 0 Å². The maximum absolute atomic E-state index is 14.3. The van der Waals surface area contributed by atoms with E-state index < -0.39 is 55.1 Å². The van der Waals surface area contributed by atoms with E-state index in [0.717, 1.165) is 0 Å². The van der Waals surface area contributed by atoms with Crippen molar-refractivity contribution in [1.82, 2.24) is 19.5 Å². The van der Waals surface area contributed by atoms with Gasteiger partial charge in [-0.2, -0.15) is 14.4 Å². The van der Waals surface area contributed by atoms with E-state index in [1.54, 1.807) is 91.0 Å². The maximum atomic E-state index is 14.3. The van der Waals surface area contributed by atoms with Crippen molar-refractivity contribution in [2.45, 2.75) is 24.5 Å². The van der Waals surface area contributed by atoms with E-state index in [0.29, 0.717) is 0 Å². The number of ether oxygens (including phenoxy) is 4. The van der Waals surface area contributed by atoms with Crippen LogP contribution in [0.15, 0.2) is 97.3 Å². The molecule has 44 heavy (non-hydrogen) atoms. The second kappa shape index (κ2) is 12.3. The molecular weight excluding hydrogens is 573 g/mol. The van der Waals surface area contributed by atoms with Gasteiger partial charge in [-0.15, -0.1) is 0 Å². The van der Waals surface area contributed by atoms with E-state index >= 15 is 0 Å². The van der Waals surface area contributed by atoms with Gasteiger partial charge in [0, 0.05) is 0 Å². The summed E-state index contributed by atoms with van der Waals surface area (Å²) in [4.78, 5) is 50.9. The summed E-state index contributed by atoms with van der Waals surface area (Å²) in [7, 11) is 0. The van der Waals surface area contributed by atoms with Crippen molar-refractivity contribution in [3.63, 3.8) is 0 Å². The average Bonchev–Trinajstić information content (AvgIpc) is 3.62. The van der Waals surface area contributed by atoms with Crippen LogP contribution in [0.4, 0.5) is 10.2 Å². The number of nitrogens with zero attached hydrogens (tertiary/aromatic N) is 4. The van der Waals surface area contributed by atoms with Gasteiger partial charge < -0.3 is 24.7 Å². The predicted octanol–water partition coefficient (Wildman–Crippen LogP) is 3.75. The number of hydrogen-bond donors (Lipinski definition) is 1. The van der Waals surface area contributed by atoms with Crippen LogP contribution in [0.2, 0.25) is 0 Å². The molecule has 6 rings (SSSR count). The van der Waals surface area contributed by atoms with E-state index in [9.17, 15) is 18.8 Å². The molecule has 1 aliphatic rings. The largest absolute Gasteiger partial charge is 0.459 e. The molecule has 1 fully saturated rings. The van der Waals surface area contributed by atoms with Gasteiger partial charge >= 0.3 is 24.0 Å². The number of aromatic nitrogens is 4. The highest BCUT2D eigenvalue weighted by molar-refractivity contribution is 5.91. The number of imidazole rings is 1. The maximum Gasteiger partial charge on any atom is 0.338 e. The molecule has 3 aromatic carbocycles. The highest BCUT2D eigenvalue weighted by Gasteiger charge is 2.52. The molecule has 0 radical (unpaired) electrons. The Labute approximate surface area is 249 Å². The fraction of sp³-hybridized carbons (Fsp3) is 0.161. The molecule has 13 heteroatoms. The summed E-state index contributed by atoms with van der Waals surface area (Å²) in [6.07, 6.45) is -4.91. The quantitative estimate of drug-likeness (QED) is 0.158. The first-order valence-electron chi connectivity index (χ1n) is 13.4. The zero-order valence-electron chi connectivity index (χ0n) is 22.9. The third-order valence-corrected chi connectivity index (χ3v) is 6.87. The number of nitrogens with two attached hydrogens (primary N) is 1. The lowest BCUT2D eigenvalue weighted by molar-refractivity contribution is -0.0606. The Bertz CT molecular complexity index is 1800. The first-order valence-corrected chi connectivity index (χ1v) is 13.4. The number of rotatable bonds is 8. The smallest absolute Gasteiger partial charge is 0.338 e. The lowest BCUT2D eigenvalue weighted by Gasteiger charge is -2.25. The molecular formula is C31H24FN5O7. The second-order valence-electron chi connectivity index (χ2n) is 9.70. The summed E-state index contributed by atoms with van der Waals surface area (Å²) >= 11 is 0. The van der Waals surface area contributed by atoms with Crippen LogP contribution < -0.4 is 5.73 Å². The van der Waals surface area contributed by atoms with E-state index in [2.05, 4.69) is 15.0 Å². The second-order valence-corrected chi connectivity index (χ2v) is 9.70. The van der Waals surface area contributed by atoms with Gasteiger partial charge in [0.1, 0.15) is 12.7 Å². The van der Waals surface area contributed by atoms with Crippen molar-refractivity contribution in [3.05, 3.63) is 120 Å². The average molecular weight is 598 g/mol. The van der Waals surface area contributed by atoms with Gasteiger partial charge in [0.2, 0.25) is 0 Å². The van der Waals surface area contributed by atoms with Gasteiger partial charge in [-0.05, 0) is 36.4 Å². The van der Waals surface area contributed by atoms with Crippen LogP contribution in [0.5, 0.6) is 0 Å².